The van der Waals surface area contributed by atoms with E-state index in [1.165, 1.54) is 18.4 Å². The third kappa shape index (κ3) is 3.44. The number of nitrogens with zero attached hydrogens (tertiary/aromatic N) is 3. The lowest BCUT2D eigenvalue weighted by molar-refractivity contribution is 0.323. The number of rotatable bonds is 5. The summed E-state index contributed by atoms with van der Waals surface area (Å²) in [5.41, 5.74) is 1.81. The fourth-order valence-electron chi connectivity index (χ4n) is 2.92. The van der Waals surface area contributed by atoms with E-state index in [1.807, 2.05) is 6.07 Å². The minimum atomic E-state index is 0.140. The molecule has 3 rings (SSSR count). The van der Waals surface area contributed by atoms with Gasteiger partial charge in [0.1, 0.15) is 11.9 Å². The van der Waals surface area contributed by atoms with Crippen LogP contribution in [-0.4, -0.2) is 29.5 Å². The zero-order chi connectivity index (χ0) is 15.2. The van der Waals surface area contributed by atoms with Crippen molar-refractivity contribution in [3.05, 3.63) is 59.8 Å². The maximum absolute atomic E-state index is 9.25. The first-order valence-electron chi connectivity index (χ1n) is 7.76. The van der Waals surface area contributed by atoms with Crippen LogP contribution in [-0.2, 0) is 0 Å². The molecule has 2 heterocycles. The minimum absolute atomic E-state index is 0.140. The fourth-order valence-corrected chi connectivity index (χ4v) is 2.92. The molecule has 1 aromatic carbocycles. The zero-order valence-corrected chi connectivity index (χ0v) is 12.6. The molecule has 4 heteroatoms. The maximum atomic E-state index is 9.25. The van der Waals surface area contributed by atoms with Gasteiger partial charge in [-0.15, -0.1) is 0 Å². The van der Waals surface area contributed by atoms with Crippen molar-refractivity contribution in [1.29, 1.82) is 5.26 Å². The van der Waals surface area contributed by atoms with E-state index < -0.39 is 0 Å². The summed E-state index contributed by atoms with van der Waals surface area (Å²) in [5, 5.41) is 12.7. The smallest absolute Gasteiger partial charge is 0.144 e. The molecule has 1 aromatic heterocycles. The van der Waals surface area contributed by atoms with Crippen LogP contribution in [0.4, 0.5) is 5.82 Å². The van der Waals surface area contributed by atoms with Gasteiger partial charge in [-0.1, -0.05) is 30.3 Å². The van der Waals surface area contributed by atoms with Crippen molar-refractivity contribution in [3.8, 4) is 6.07 Å². The lowest BCUT2D eigenvalue weighted by Gasteiger charge is -2.25. The van der Waals surface area contributed by atoms with E-state index in [2.05, 4.69) is 45.5 Å². The average Bonchev–Trinajstić information content (AvgIpc) is 3.08. The molecule has 1 N–H and O–H groups in total. The van der Waals surface area contributed by atoms with Crippen molar-refractivity contribution in [3.63, 3.8) is 0 Å². The predicted octanol–water partition coefficient (Wildman–Crippen LogP) is 3.20. The minimum Gasteiger partial charge on any atom is -0.361 e. The van der Waals surface area contributed by atoms with Crippen molar-refractivity contribution in [2.75, 3.05) is 25.0 Å². The predicted molar refractivity (Wildman–Crippen MR) is 87.4 cm³/mol. The second-order valence-corrected chi connectivity index (χ2v) is 5.63. The molecule has 4 nitrogen and oxygen atoms in total. The topological polar surface area (TPSA) is 52.0 Å². The molecule has 2 aromatic rings. The van der Waals surface area contributed by atoms with E-state index in [1.54, 1.807) is 18.3 Å². The number of benzene rings is 1. The number of hydrogen-bond acceptors (Lipinski definition) is 4. The number of nitriles is 1. The lowest BCUT2D eigenvalue weighted by atomic mass is 10.1. The lowest BCUT2D eigenvalue weighted by Crippen LogP contribution is -2.29. The van der Waals surface area contributed by atoms with Crippen molar-refractivity contribution in [2.45, 2.75) is 18.9 Å². The second kappa shape index (κ2) is 7.06. The molecule has 0 bridgehead atoms. The molecular formula is C18H20N4. The molecule has 22 heavy (non-hydrogen) atoms. The van der Waals surface area contributed by atoms with E-state index in [9.17, 15) is 5.26 Å². The van der Waals surface area contributed by atoms with Crippen LogP contribution in [0.5, 0.6) is 0 Å². The van der Waals surface area contributed by atoms with Gasteiger partial charge in [-0.3, -0.25) is 0 Å². The summed E-state index contributed by atoms with van der Waals surface area (Å²) >= 11 is 0. The Bertz CT molecular complexity index is 642. The molecule has 112 valence electrons. The highest BCUT2D eigenvalue weighted by Crippen LogP contribution is 2.23. The summed E-state index contributed by atoms with van der Waals surface area (Å²) in [6.07, 6.45) is 4.27. The summed E-state index contributed by atoms with van der Waals surface area (Å²) in [6, 6.07) is 16.3. The average molecular weight is 292 g/mol. The highest BCUT2D eigenvalue weighted by Gasteiger charge is 2.20. The van der Waals surface area contributed by atoms with E-state index >= 15 is 0 Å². The van der Waals surface area contributed by atoms with Gasteiger partial charge in [0, 0.05) is 12.7 Å². The Morgan fingerprint density at radius 3 is 2.64 bits per heavy atom. The normalized spacial score (nSPS) is 16.1. The molecule has 1 aliphatic rings. The van der Waals surface area contributed by atoms with Crippen LogP contribution in [0.2, 0.25) is 0 Å². The standard InChI is InChI=1S/C18H20N4/c19-13-16-9-6-10-20-18(16)21-17(14-22-11-4-5-12-22)15-7-2-1-3-8-15/h1-3,6-10,17H,4-5,11-12,14H2,(H,20,21). The Balaban J connectivity index is 1.83. The van der Waals surface area contributed by atoms with Crippen molar-refractivity contribution >= 4 is 5.82 Å². The third-order valence-corrected chi connectivity index (χ3v) is 4.08. The van der Waals surface area contributed by atoms with Gasteiger partial charge in [0.25, 0.3) is 0 Å². The monoisotopic (exact) mass is 292 g/mol. The molecule has 0 aliphatic carbocycles. The van der Waals surface area contributed by atoms with Crippen molar-refractivity contribution in [2.24, 2.45) is 0 Å². The number of hydrogen-bond donors (Lipinski definition) is 1. The Morgan fingerprint density at radius 2 is 1.91 bits per heavy atom. The van der Waals surface area contributed by atoms with E-state index in [-0.39, 0.29) is 6.04 Å². The Labute approximate surface area is 131 Å². The molecule has 1 aliphatic heterocycles. The Morgan fingerprint density at radius 1 is 1.14 bits per heavy atom. The largest absolute Gasteiger partial charge is 0.361 e. The van der Waals surface area contributed by atoms with Gasteiger partial charge in [0.15, 0.2) is 0 Å². The van der Waals surface area contributed by atoms with Crippen molar-refractivity contribution in [1.82, 2.24) is 9.88 Å². The molecule has 0 radical (unpaired) electrons. The summed E-state index contributed by atoms with van der Waals surface area (Å²) in [7, 11) is 0. The molecule has 1 unspecified atom stereocenters. The third-order valence-electron chi connectivity index (χ3n) is 4.08. The van der Waals surface area contributed by atoms with Gasteiger partial charge in [-0.25, -0.2) is 4.98 Å². The van der Waals surface area contributed by atoms with E-state index in [0.29, 0.717) is 11.4 Å². The number of anilines is 1. The highest BCUT2D eigenvalue weighted by atomic mass is 15.2. The molecule has 0 amide bonds. The SMILES string of the molecule is N#Cc1cccnc1NC(CN1CCCC1)c1ccccc1. The van der Waals surface area contributed by atoms with Crippen molar-refractivity contribution < 1.29 is 0 Å². The zero-order valence-electron chi connectivity index (χ0n) is 12.6. The molecule has 1 saturated heterocycles. The van der Waals surface area contributed by atoms with Gasteiger partial charge >= 0.3 is 0 Å². The van der Waals surface area contributed by atoms with Crippen LogP contribution in [0.25, 0.3) is 0 Å². The summed E-state index contributed by atoms with van der Waals surface area (Å²) in [6.45, 7) is 3.24. The number of aromatic nitrogens is 1. The summed E-state index contributed by atoms with van der Waals surface area (Å²) in [5.74, 6) is 0.665. The number of likely N-dealkylation sites (tertiary alicyclic amines) is 1. The first kappa shape index (κ1) is 14.6. The molecule has 0 spiro atoms. The van der Waals surface area contributed by atoms with Crippen LogP contribution < -0.4 is 5.32 Å². The van der Waals surface area contributed by atoms with Crippen LogP contribution in [0, 0.1) is 11.3 Å². The maximum Gasteiger partial charge on any atom is 0.144 e. The summed E-state index contributed by atoms with van der Waals surface area (Å²) in [4.78, 5) is 6.81. The van der Waals surface area contributed by atoms with Gasteiger partial charge in [0.2, 0.25) is 0 Å². The number of pyridine rings is 1. The number of nitrogens with one attached hydrogen (secondary N) is 1. The van der Waals surface area contributed by atoms with Gasteiger partial charge in [-0.2, -0.15) is 5.26 Å². The van der Waals surface area contributed by atoms with Gasteiger partial charge < -0.3 is 10.2 Å². The molecule has 1 atom stereocenters. The second-order valence-electron chi connectivity index (χ2n) is 5.63. The van der Waals surface area contributed by atoms with Crippen LogP contribution in [0.1, 0.15) is 30.0 Å². The first-order valence-corrected chi connectivity index (χ1v) is 7.76. The Kier molecular flexibility index (Phi) is 4.67. The first-order chi connectivity index (χ1) is 10.9. The van der Waals surface area contributed by atoms with E-state index in [4.69, 9.17) is 0 Å². The molecular weight excluding hydrogens is 272 g/mol. The van der Waals surface area contributed by atoms with Gasteiger partial charge in [0.05, 0.1) is 11.6 Å². The summed E-state index contributed by atoms with van der Waals surface area (Å²) < 4.78 is 0. The van der Waals surface area contributed by atoms with Crippen LogP contribution >= 0.6 is 0 Å². The van der Waals surface area contributed by atoms with Gasteiger partial charge in [-0.05, 0) is 43.6 Å². The van der Waals surface area contributed by atoms with Crippen LogP contribution in [0.15, 0.2) is 48.7 Å². The fraction of sp³-hybridized carbons (Fsp3) is 0.333. The Hall–Kier alpha value is -2.38. The van der Waals surface area contributed by atoms with Crippen LogP contribution in [0.3, 0.4) is 0 Å². The highest BCUT2D eigenvalue weighted by molar-refractivity contribution is 5.52. The quantitative estimate of drug-likeness (QED) is 0.919. The van der Waals surface area contributed by atoms with E-state index in [0.717, 1.165) is 19.6 Å². The molecule has 1 fully saturated rings. The molecule has 0 saturated carbocycles.